The summed E-state index contributed by atoms with van der Waals surface area (Å²) in [4.78, 5) is 12.1. The summed E-state index contributed by atoms with van der Waals surface area (Å²) in [5.41, 5.74) is -1.29. The van der Waals surface area contributed by atoms with Crippen molar-refractivity contribution in [3.05, 3.63) is 70.3 Å². The smallest absolute Gasteiger partial charge is 0.416 e. The molecule has 0 heterocycles. The van der Waals surface area contributed by atoms with Gasteiger partial charge in [-0.3, -0.25) is 4.79 Å². The Labute approximate surface area is 145 Å². The zero-order chi connectivity index (χ0) is 18.6. The zero-order valence-electron chi connectivity index (χ0n) is 12.4. The molecule has 25 heavy (non-hydrogen) atoms. The number of amides is 1. The third kappa shape index (κ3) is 4.52. The van der Waals surface area contributed by atoms with Crippen molar-refractivity contribution in [3.63, 3.8) is 0 Å². The van der Waals surface area contributed by atoms with E-state index in [9.17, 15) is 23.1 Å². The number of carbonyl (C=O) groups excluding carboxylic acids is 1. The molecule has 0 unspecified atom stereocenters. The van der Waals surface area contributed by atoms with Crippen LogP contribution in [0.5, 0.6) is 0 Å². The van der Waals surface area contributed by atoms with Crippen LogP contribution >= 0.6 is 11.6 Å². The summed E-state index contributed by atoms with van der Waals surface area (Å²) in [5, 5.41) is 22.0. The van der Waals surface area contributed by atoms with Crippen molar-refractivity contribution in [1.29, 1.82) is 5.26 Å². The van der Waals surface area contributed by atoms with Crippen LogP contribution in [-0.4, -0.2) is 11.0 Å². The number of hydrogen-bond donors (Lipinski definition) is 2. The highest BCUT2D eigenvalue weighted by Crippen LogP contribution is 2.30. The number of rotatable bonds is 3. The van der Waals surface area contributed by atoms with Crippen LogP contribution in [0, 0.1) is 11.3 Å². The summed E-state index contributed by atoms with van der Waals surface area (Å²) in [6, 6.07) is 11.0. The molecule has 2 rings (SSSR count). The number of hydrogen-bond acceptors (Lipinski definition) is 3. The van der Waals surface area contributed by atoms with Gasteiger partial charge in [-0.25, -0.2) is 0 Å². The summed E-state index contributed by atoms with van der Waals surface area (Å²) < 4.78 is 37.6. The first-order valence-corrected chi connectivity index (χ1v) is 7.18. The van der Waals surface area contributed by atoms with E-state index < -0.39 is 29.0 Å². The molecule has 0 aliphatic rings. The van der Waals surface area contributed by atoms with Crippen LogP contribution in [0.3, 0.4) is 0 Å². The molecule has 0 fully saturated rings. The number of nitrogens with zero attached hydrogens (tertiary/aromatic N) is 1. The second kappa shape index (κ2) is 7.28. The summed E-state index contributed by atoms with van der Waals surface area (Å²) >= 11 is 5.72. The van der Waals surface area contributed by atoms with Crippen LogP contribution in [0.2, 0.25) is 5.02 Å². The van der Waals surface area contributed by atoms with Crippen molar-refractivity contribution in [3.8, 4) is 6.07 Å². The van der Waals surface area contributed by atoms with Crippen molar-refractivity contribution < 1.29 is 23.1 Å². The van der Waals surface area contributed by atoms with E-state index in [1.54, 1.807) is 6.07 Å². The zero-order valence-corrected chi connectivity index (χ0v) is 13.2. The lowest BCUT2D eigenvalue weighted by Crippen LogP contribution is -2.15. The number of aliphatic hydroxyl groups excluding tert-OH is 1. The first-order valence-electron chi connectivity index (χ1n) is 6.80. The minimum absolute atomic E-state index is 0.0872. The highest BCUT2D eigenvalue weighted by molar-refractivity contribution is 6.30. The van der Waals surface area contributed by atoms with E-state index in [1.807, 2.05) is 0 Å². The Kier molecular flexibility index (Phi) is 5.35. The van der Waals surface area contributed by atoms with E-state index in [-0.39, 0.29) is 5.56 Å². The first-order chi connectivity index (χ1) is 11.7. The van der Waals surface area contributed by atoms with Gasteiger partial charge in [0.1, 0.15) is 11.8 Å². The van der Waals surface area contributed by atoms with Crippen LogP contribution in [0.1, 0.15) is 11.1 Å². The molecule has 0 aromatic heterocycles. The summed E-state index contributed by atoms with van der Waals surface area (Å²) in [7, 11) is 0. The maximum Gasteiger partial charge on any atom is 0.416 e. The van der Waals surface area contributed by atoms with E-state index >= 15 is 0 Å². The fourth-order valence-corrected chi connectivity index (χ4v) is 2.03. The van der Waals surface area contributed by atoms with Crippen molar-refractivity contribution in [1.82, 2.24) is 0 Å². The second-order valence-corrected chi connectivity index (χ2v) is 5.31. The third-order valence-corrected chi connectivity index (χ3v) is 3.42. The van der Waals surface area contributed by atoms with Crippen molar-refractivity contribution in [2.45, 2.75) is 6.18 Å². The van der Waals surface area contributed by atoms with Gasteiger partial charge in [0.2, 0.25) is 0 Å². The van der Waals surface area contributed by atoms with Crippen LogP contribution in [0.4, 0.5) is 18.9 Å². The lowest BCUT2D eigenvalue weighted by molar-refractivity contribution is -0.137. The Morgan fingerprint density at radius 1 is 1.08 bits per heavy atom. The van der Waals surface area contributed by atoms with Crippen LogP contribution in [0.15, 0.2) is 54.1 Å². The molecule has 4 nitrogen and oxygen atoms in total. The van der Waals surface area contributed by atoms with E-state index in [0.717, 1.165) is 24.3 Å². The number of benzene rings is 2. The highest BCUT2D eigenvalue weighted by Gasteiger charge is 2.30. The van der Waals surface area contributed by atoms with Gasteiger partial charge in [-0.15, -0.1) is 0 Å². The Morgan fingerprint density at radius 2 is 1.64 bits per heavy atom. The Morgan fingerprint density at radius 3 is 2.12 bits per heavy atom. The molecular formula is C17H10ClF3N2O2. The normalized spacial score (nSPS) is 12.1. The lowest BCUT2D eigenvalue weighted by Gasteiger charge is -2.09. The molecular weight excluding hydrogens is 357 g/mol. The number of carbonyl (C=O) groups is 1. The van der Waals surface area contributed by atoms with Gasteiger partial charge in [0, 0.05) is 16.3 Å². The fourth-order valence-electron chi connectivity index (χ4n) is 1.90. The quantitative estimate of drug-likeness (QED) is 0.466. The molecule has 2 aromatic rings. The predicted octanol–water partition coefficient (Wildman–Crippen LogP) is 4.79. The maximum atomic E-state index is 12.5. The van der Waals surface area contributed by atoms with E-state index in [1.165, 1.54) is 24.3 Å². The predicted molar refractivity (Wildman–Crippen MR) is 86.7 cm³/mol. The van der Waals surface area contributed by atoms with Gasteiger partial charge in [0.15, 0.2) is 5.57 Å². The lowest BCUT2D eigenvalue weighted by atomic mass is 10.1. The number of nitrogens with one attached hydrogen (secondary N) is 1. The molecule has 2 aromatic carbocycles. The fraction of sp³-hybridized carbons (Fsp3) is 0.0588. The molecule has 8 heteroatoms. The maximum absolute atomic E-state index is 12.5. The number of anilines is 1. The van der Waals surface area contributed by atoms with Crippen LogP contribution in [0.25, 0.3) is 5.76 Å². The molecule has 0 saturated carbocycles. The second-order valence-electron chi connectivity index (χ2n) is 4.87. The van der Waals surface area contributed by atoms with Gasteiger partial charge in [-0.1, -0.05) is 23.7 Å². The van der Waals surface area contributed by atoms with E-state index in [0.29, 0.717) is 10.7 Å². The van der Waals surface area contributed by atoms with Gasteiger partial charge >= 0.3 is 6.18 Å². The summed E-state index contributed by atoms with van der Waals surface area (Å²) in [6.07, 6.45) is -4.53. The summed E-state index contributed by atoms with van der Waals surface area (Å²) in [6.45, 7) is 0. The largest absolute Gasteiger partial charge is 0.506 e. The SMILES string of the molecule is N#C/C(C(=O)Nc1ccc(Cl)cc1)=C(/O)c1ccc(C(F)(F)F)cc1. The highest BCUT2D eigenvalue weighted by atomic mass is 35.5. The molecule has 0 aliphatic carbocycles. The van der Waals surface area contributed by atoms with E-state index in [4.69, 9.17) is 16.9 Å². The van der Waals surface area contributed by atoms with Crippen LogP contribution in [-0.2, 0) is 11.0 Å². The van der Waals surface area contributed by atoms with Gasteiger partial charge < -0.3 is 10.4 Å². The number of nitriles is 1. The topological polar surface area (TPSA) is 73.1 Å². The third-order valence-electron chi connectivity index (χ3n) is 3.16. The van der Waals surface area contributed by atoms with Gasteiger partial charge in [-0.2, -0.15) is 18.4 Å². The molecule has 1 amide bonds. The standard InChI is InChI=1S/C17H10ClF3N2O2/c18-12-5-7-13(8-6-12)23-16(25)14(9-22)15(24)10-1-3-11(4-2-10)17(19,20)21/h1-8,24H,(H,23,25)/b15-14-. The van der Waals surface area contributed by atoms with Crippen LogP contribution < -0.4 is 5.32 Å². The van der Waals surface area contributed by atoms with E-state index in [2.05, 4.69) is 5.32 Å². The van der Waals surface area contributed by atoms with Crippen molar-refractivity contribution >= 4 is 29.0 Å². The molecule has 128 valence electrons. The average Bonchev–Trinajstić information content (AvgIpc) is 2.57. The molecule has 0 aliphatic heterocycles. The minimum Gasteiger partial charge on any atom is -0.506 e. The van der Waals surface area contributed by atoms with Gasteiger partial charge in [-0.05, 0) is 36.4 Å². The molecule has 0 radical (unpaired) electrons. The minimum atomic E-state index is -4.53. The Balaban J connectivity index is 2.28. The first kappa shape index (κ1) is 18.4. The molecule has 2 N–H and O–H groups in total. The number of alkyl halides is 3. The van der Waals surface area contributed by atoms with Crippen molar-refractivity contribution in [2.24, 2.45) is 0 Å². The average molecular weight is 367 g/mol. The monoisotopic (exact) mass is 366 g/mol. The van der Waals surface area contributed by atoms with Crippen molar-refractivity contribution in [2.75, 3.05) is 5.32 Å². The Hall–Kier alpha value is -2.98. The molecule has 0 atom stereocenters. The van der Waals surface area contributed by atoms with Gasteiger partial charge in [0.05, 0.1) is 5.56 Å². The number of halogens is 4. The van der Waals surface area contributed by atoms with Gasteiger partial charge in [0.25, 0.3) is 5.91 Å². The summed E-state index contributed by atoms with van der Waals surface area (Å²) in [5.74, 6) is -1.62. The Bertz CT molecular complexity index is 851. The molecule has 0 bridgehead atoms. The molecule has 0 spiro atoms. The number of aliphatic hydroxyl groups is 1. The molecule has 0 saturated heterocycles.